The molecule has 0 N–H and O–H groups in total. The van der Waals surface area contributed by atoms with Crippen molar-refractivity contribution in [1.29, 1.82) is 0 Å². The van der Waals surface area contributed by atoms with Gasteiger partial charge in [0.1, 0.15) is 12.1 Å². The number of nitrogens with zero attached hydrogens (tertiary/aromatic N) is 1. The summed E-state index contributed by atoms with van der Waals surface area (Å²) in [7, 11) is -3.14. The quantitative estimate of drug-likeness (QED) is 0.564. The summed E-state index contributed by atoms with van der Waals surface area (Å²) < 4.78 is 34.9. The lowest BCUT2D eigenvalue weighted by atomic mass is 10.2. The van der Waals surface area contributed by atoms with E-state index in [9.17, 15) is 8.96 Å². The molecule has 1 aromatic carbocycles. The molecule has 0 aliphatic rings. The van der Waals surface area contributed by atoms with Crippen LogP contribution in [-0.4, -0.2) is 25.7 Å². The molecule has 0 aromatic heterocycles. The first-order valence-corrected chi connectivity index (χ1v) is 7.46. The molecule has 0 aliphatic heterocycles. The van der Waals surface area contributed by atoms with Gasteiger partial charge in [0.25, 0.3) is 0 Å². The summed E-state index contributed by atoms with van der Waals surface area (Å²) in [5, 5.41) is 0. The standard InChI is InChI=1S/C12H17FNO3P/c1-3-16-18(15,17-4-2)10-14-9-11-5-7-12(13)8-6-11/h5-9H,3-4,10H2,1-2H3/b14-9+. The van der Waals surface area contributed by atoms with Gasteiger partial charge in [0, 0.05) is 6.21 Å². The highest BCUT2D eigenvalue weighted by Gasteiger charge is 2.22. The van der Waals surface area contributed by atoms with E-state index in [0.29, 0.717) is 13.2 Å². The Bertz CT molecular complexity index is 423. The van der Waals surface area contributed by atoms with Crippen LogP contribution in [0, 0.1) is 5.82 Å². The Morgan fingerprint density at radius 1 is 1.22 bits per heavy atom. The van der Waals surface area contributed by atoms with Crippen molar-refractivity contribution in [3.8, 4) is 0 Å². The van der Waals surface area contributed by atoms with Gasteiger partial charge in [0.05, 0.1) is 13.2 Å². The molecule has 1 aromatic rings. The molecule has 100 valence electrons. The van der Waals surface area contributed by atoms with E-state index in [0.717, 1.165) is 5.56 Å². The number of aliphatic imine (C=N–C) groups is 1. The van der Waals surface area contributed by atoms with E-state index < -0.39 is 7.60 Å². The minimum atomic E-state index is -3.14. The molecule has 0 unspecified atom stereocenters. The summed E-state index contributed by atoms with van der Waals surface area (Å²) in [4.78, 5) is 4.02. The summed E-state index contributed by atoms with van der Waals surface area (Å²) in [5.41, 5.74) is 0.732. The average Bonchev–Trinajstić information content (AvgIpc) is 2.32. The largest absolute Gasteiger partial charge is 0.351 e. The number of rotatable bonds is 7. The topological polar surface area (TPSA) is 47.9 Å². The Morgan fingerprint density at radius 3 is 2.28 bits per heavy atom. The van der Waals surface area contributed by atoms with Crippen molar-refractivity contribution in [3.05, 3.63) is 35.6 Å². The van der Waals surface area contributed by atoms with Crippen LogP contribution >= 0.6 is 7.60 Å². The van der Waals surface area contributed by atoms with E-state index in [2.05, 4.69) is 4.99 Å². The van der Waals surface area contributed by atoms with E-state index in [-0.39, 0.29) is 12.1 Å². The molecule has 18 heavy (non-hydrogen) atoms. The van der Waals surface area contributed by atoms with Crippen LogP contribution in [0.5, 0.6) is 0 Å². The van der Waals surface area contributed by atoms with Crippen LogP contribution in [0.2, 0.25) is 0 Å². The van der Waals surface area contributed by atoms with Crippen molar-refractivity contribution < 1.29 is 18.0 Å². The summed E-state index contributed by atoms with van der Waals surface area (Å²) in [6.45, 7) is 4.11. The van der Waals surface area contributed by atoms with Crippen molar-refractivity contribution >= 4 is 13.8 Å². The van der Waals surface area contributed by atoms with Gasteiger partial charge in [-0.1, -0.05) is 12.1 Å². The van der Waals surface area contributed by atoms with Crippen LogP contribution in [0.15, 0.2) is 29.3 Å². The lowest BCUT2D eigenvalue weighted by Crippen LogP contribution is -1.99. The van der Waals surface area contributed by atoms with Crippen molar-refractivity contribution in [1.82, 2.24) is 0 Å². The molecule has 0 bridgehead atoms. The highest BCUT2D eigenvalue weighted by Crippen LogP contribution is 2.47. The molecule has 6 heteroatoms. The van der Waals surface area contributed by atoms with Gasteiger partial charge >= 0.3 is 7.60 Å². The lowest BCUT2D eigenvalue weighted by molar-refractivity contribution is 0.221. The van der Waals surface area contributed by atoms with Gasteiger partial charge in [-0.05, 0) is 31.5 Å². The SMILES string of the molecule is CCOP(=O)(C/N=C/c1ccc(F)cc1)OCC. The Labute approximate surface area is 106 Å². The van der Waals surface area contributed by atoms with E-state index in [4.69, 9.17) is 9.05 Å². The first-order chi connectivity index (χ1) is 8.59. The molecule has 0 saturated heterocycles. The van der Waals surface area contributed by atoms with Crippen molar-refractivity contribution in [2.45, 2.75) is 13.8 Å². The summed E-state index contributed by atoms with van der Waals surface area (Å²) in [5.74, 6) is -0.304. The molecule has 1 rings (SSSR count). The van der Waals surface area contributed by atoms with Crippen LogP contribution < -0.4 is 0 Å². The minimum absolute atomic E-state index is 0.0357. The summed E-state index contributed by atoms with van der Waals surface area (Å²) in [6.07, 6.45) is 1.48. The smallest absolute Gasteiger partial charge is 0.308 e. The van der Waals surface area contributed by atoms with Gasteiger partial charge in [-0.25, -0.2) is 4.39 Å². The van der Waals surface area contributed by atoms with Crippen LogP contribution in [-0.2, 0) is 13.6 Å². The summed E-state index contributed by atoms with van der Waals surface area (Å²) >= 11 is 0. The second-order valence-electron chi connectivity index (χ2n) is 3.45. The Hall–Kier alpha value is -1.03. The predicted octanol–water partition coefficient (Wildman–Crippen LogP) is 3.47. The third-order valence-corrected chi connectivity index (χ3v) is 3.83. The maximum absolute atomic E-state index is 12.7. The van der Waals surface area contributed by atoms with E-state index in [1.54, 1.807) is 26.0 Å². The molecule has 0 amide bonds. The molecule has 0 atom stereocenters. The van der Waals surface area contributed by atoms with Gasteiger partial charge in [-0.3, -0.25) is 9.56 Å². The Morgan fingerprint density at radius 2 is 1.78 bits per heavy atom. The number of hydrogen-bond donors (Lipinski definition) is 0. The fourth-order valence-electron chi connectivity index (χ4n) is 1.31. The molecule has 0 heterocycles. The highest BCUT2D eigenvalue weighted by molar-refractivity contribution is 7.53. The number of benzene rings is 1. The monoisotopic (exact) mass is 273 g/mol. The molecule has 0 saturated carbocycles. The third-order valence-electron chi connectivity index (χ3n) is 2.02. The van der Waals surface area contributed by atoms with Crippen LogP contribution in [0.25, 0.3) is 0 Å². The van der Waals surface area contributed by atoms with Gasteiger partial charge < -0.3 is 9.05 Å². The third kappa shape index (κ3) is 5.08. The fourth-order valence-corrected chi connectivity index (χ4v) is 2.61. The minimum Gasteiger partial charge on any atom is -0.308 e. The Kier molecular flexibility index (Phi) is 6.19. The van der Waals surface area contributed by atoms with Gasteiger partial charge in [0.15, 0.2) is 0 Å². The van der Waals surface area contributed by atoms with Gasteiger partial charge in [-0.2, -0.15) is 0 Å². The molecule has 0 radical (unpaired) electrons. The van der Waals surface area contributed by atoms with Crippen LogP contribution in [0.1, 0.15) is 19.4 Å². The molecule has 4 nitrogen and oxygen atoms in total. The molecule has 0 fully saturated rings. The maximum atomic E-state index is 12.7. The zero-order chi connectivity index (χ0) is 13.4. The molecule has 0 spiro atoms. The normalized spacial score (nSPS) is 12.2. The van der Waals surface area contributed by atoms with E-state index >= 15 is 0 Å². The predicted molar refractivity (Wildman–Crippen MR) is 69.7 cm³/mol. The van der Waals surface area contributed by atoms with E-state index in [1.165, 1.54) is 18.3 Å². The molecule has 0 aliphatic carbocycles. The van der Waals surface area contributed by atoms with Crippen LogP contribution in [0.3, 0.4) is 0 Å². The van der Waals surface area contributed by atoms with Crippen molar-refractivity contribution in [2.24, 2.45) is 4.99 Å². The fraction of sp³-hybridized carbons (Fsp3) is 0.417. The average molecular weight is 273 g/mol. The van der Waals surface area contributed by atoms with Crippen molar-refractivity contribution in [2.75, 3.05) is 19.5 Å². The Balaban J connectivity index is 2.61. The summed E-state index contributed by atoms with van der Waals surface area (Å²) in [6, 6.07) is 5.86. The zero-order valence-electron chi connectivity index (χ0n) is 10.5. The van der Waals surface area contributed by atoms with Gasteiger partial charge in [0.2, 0.25) is 0 Å². The second-order valence-corrected chi connectivity index (χ2v) is 5.47. The van der Waals surface area contributed by atoms with E-state index in [1.807, 2.05) is 0 Å². The zero-order valence-corrected chi connectivity index (χ0v) is 11.4. The second kappa shape index (κ2) is 7.41. The first kappa shape index (κ1) is 15.0. The molecular formula is C12H17FNO3P. The number of halogens is 1. The maximum Gasteiger partial charge on any atom is 0.351 e. The molecular weight excluding hydrogens is 256 g/mol. The van der Waals surface area contributed by atoms with Crippen molar-refractivity contribution in [3.63, 3.8) is 0 Å². The number of hydrogen-bond acceptors (Lipinski definition) is 4. The van der Waals surface area contributed by atoms with Crippen LogP contribution in [0.4, 0.5) is 4.39 Å². The van der Waals surface area contributed by atoms with Gasteiger partial charge in [-0.15, -0.1) is 0 Å². The first-order valence-electron chi connectivity index (χ1n) is 5.73. The lowest BCUT2D eigenvalue weighted by Gasteiger charge is -2.14. The highest BCUT2D eigenvalue weighted by atomic mass is 31.2.